The lowest BCUT2D eigenvalue weighted by atomic mass is 9.89. The number of hydrogen-bond donors (Lipinski definition) is 1. The number of Topliss-reactive ketones (excluding diaryl/α,β-unsaturated/α-hetero) is 1. The van der Waals surface area contributed by atoms with E-state index in [1.54, 1.807) is 24.3 Å². The number of amides is 1. The Balaban J connectivity index is 0.00000304. The van der Waals surface area contributed by atoms with Gasteiger partial charge in [-0.25, -0.2) is 0 Å². The third kappa shape index (κ3) is 4.90. The van der Waals surface area contributed by atoms with Crippen molar-refractivity contribution in [2.45, 2.75) is 38.6 Å². The molecular weight excluding hydrogens is 496 g/mol. The summed E-state index contributed by atoms with van der Waals surface area (Å²) in [7, 11) is 1.48. The van der Waals surface area contributed by atoms with Crippen LogP contribution in [0.15, 0.2) is 59.4 Å². The van der Waals surface area contributed by atoms with E-state index >= 15 is 0 Å². The summed E-state index contributed by atoms with van der Waals surface area (Å²) < 4.78 is 7.83. The van der Waals surface area contributed by atoms with Gasteiger partial charge in [0.15, 0.2) is 11.5 Å². The molecule has 4 aromatic rings. The van der Waals surface area contributed by atoms with E-state index in [1.165, 1.54) is 42.3 Å². The average Bonchev–Trinajstić information content (AvgIpc) is 3.31. The monoisotopic (exact) mass is 524 g/mol. The van der Waals surface area contributed by atoms with Gasteiger partial charge in [-0.3, -0.25) is 19.0 Å². The van der Waals surface area contributed by atoms with Crippen LogP contribution in [0.5, 0.6) is 5.75 Å². The van der Waals surface area contributed by atoms with Gasteiger partial charge in [0.25, 0.3) is 11.5 Å². The molecule has 1 fully saturated rings. The number of ketones is 1. The molecule has 0 aliphatic heterocycles. The summed E-state index contributed by atoms with van der Waals surface area (Å²) in [5.41, 5.74) is 0.874. The Labute approximate surface area is 219 Å². The highest BCUT2D eigenvalue weighted by Gasteiger charge is 2.26. The Morgan fingerprint density at radius 1 is 1.03 bits per heavy atom. The molecular formula is C28H29ClN2O4S. The number of halogens is 1. The number of carbonyl (C=O) groups is 2. The zero-order chi connectivity index (χ0) is 24.4. The van der Waals surface area contributed by atoms with Gasteiger partial charge in [-0.15, -0.1) is 23.7 Å². The third-order valence-corrected chi connectivity index (χ3v) is 8.05. The van der Waals surface area contributed by atoms with E-state index in [-0.39, 0.29) is 42.0 Å². The predicted octanol–water partition coefficient (Wildman–Crippen LogP) is 5.84. The Morgan fingerprint density at radius 3 is 2.44 bits per heavy atom. The molecule has 0 radical (unpaired) electrons. The van der Waals surface area contributed by atoms with E-state index in [0.717, 1.165) is 18.2 Å². The van der Waals surface area contributed by atoms with Gasteiger partial charge in [-0.05, 0) is 24.8 Å². The number of para-hydroxylation sites is 1. The maximum Gasteiger partial charge on any atom is 0.265 e. The van der Waals surface area contributed by atoms with Crippen molar-refractivity contribution in [2.24, 2.45) is 5.92 Å². The van der Waals surface area contributed by atoms with Crippen LogP contribution in [-0.4, -0.2) is 29.9 Å². The second kappa shape index (κ2) is 11.3. The average molecular weight is 525 g/mol. The largest absolute Gasteiger partial charge is 0.494 e. The van der Waals surface area contributed by atoms with E-state index < -0.39 is 0 Å². The third-order valence-electron chi connectivity index (χ3n) is 6.85. The number of fused-ring (bicyclic) bond motifs is 3. The highest BCUT2D eigenvalue weighted by atomic mass is 35.5. The molecule has 1 aliphatic carbocycles. The SMILES string of the molecule is COc1c(C(=O)NCC2CCCCC2)sc2c1c(=O)n(CC(=O)c1ccccc1)c1ccccc21.Cl. The minimum atomic E-state index is -0.331. The summed E-state index contributed by atoms with van der Waals surface area (Å²) >= 11 is 1.28. The van der Waals surface area contributed by atoms with Crippen LogP contribution in [0.3, 0.4) is 0 Å². The van der Waals surface area contributed by atoms with Gasteiger partial charge < -0.3 is 10.1 Å². The summed E-state index contributed by atoms with van der Waals surface area (Å²) in [6.45, 7) is 0.536. The number of rotatable bonds is 7. The molecule has 1 amide bonds. The summed E-state index contributed by atoms with van der Waals surface area (Å²) in [4.78, 5) is 40.3. The lowest BCUT2D eigenvalue weighted by molar-refractivity contribution is 0.0942. The zero-order valence-electron chi connectivity index (χ0n) is 20.1. The van der Waals surface area contributed by atoms with Crippen LogP contribution in [0, 0.1) is 5.92 Å². The summed E-state index contributed by atoms with van der Waals surface area (Å²) in [5, 5.41) is 4.23. The number of benzene rings is 2. The highest BCUT2D eigenvalue weighted by molar-refractivity contribution is 7.22. The van der Waals surface area contributed by atoms with E-state index in [2.05, 4.69) is 5.32 Å². The first kappa shape index (κ1) is 25.9. The van der Waals surface area contributed by atoms with E-state index in [0.29, 0.717) is 38.5 Å². The Bertz CT molecular complexity index is 1460. The zero-order valence-corrected chi connectivity index (χ0v) is 21.8. The maximum atomic E-state index is 13.7. The summed E-state index contributed by atoms with van der Waals surface area (Å²) in [6.07, 6.45) is 5.95. The second-order valence-electron chi connectivity index (χ2n) is 9.08. The van der Waals surface area contributed by atoms with E-state index in [9.17, 15) is 14.4 Å². The van der Waals surface area contributed by atoms with Gasteiger partial charge >= 0.3 is 0 Å². The number of thiophene rings is 1. The van der Waals surface area contributed by atoms with Gasteiger partial charge in [0.05, 0.1) is 23.9 Å². The predicted molar refractivity (Wildman–Crippen MR) is 147 cm³/mol. The Morgan fingerprint density at radius 2 is 1.72 bits per heavy atom. The number of nitrogens with zero attached hydrogens (tertiary/aromatic N) is 1. The van der Waals surface area contributed by atoms with Crippen molar-refractivity contribution in [1.29, 1.82) is 0 Å². The van der Waals surface area contributed by atoms with Gasteiger partial charge in [0, 0.05) is 17.5 Å². The number of ether oxygens (including phenoxy) is 1. The molecule has 0 atom stereocenters. The quantitative estimate of drug-likeness (QED) is 0.308. The van der Waals surface area contributed by atoms with Crippen molar-refractivity contribution in [3.05, 3.63) is 75.4 Å². The molecule has 8 heteroatoms. The van der Waals surface area contributed by atoms with Crippen LogP contribution in [0.25, 0.3) is 21.0 Å². The molecule has 1 N–H and O–H groups in total. The molecule has 5 rings (SSSR count). The summed E-state index contributed by atoms with van der Waals surface area (Å²) in [6, 6.07) is 16.4. The molecule has 2 aromatic carbocycles. The van der Waals surface area contributed by atoms with E-state index in [4.69, 9.17) is 4.74 Å². The minimum Gasteiger partial charge on any atom is -0.494 e. The van der Waals surface area contributed by atoms with Gasteiger partial charge in [0.1, 0.15) is 10.3 Å². The molecule has 2 aromatic heterocycles. The number of carbonyl (C=O) groups excluding carboxylic acids is 2. The van der Waals surface area contributed by atoms with Crippen LogP contribution >= 0.6 is 23.7 Å². The molecule has 0 bridgehead atoms. The minimum absolute atomic E-state index is 0. The molecule has 6 nitrogen and oxygen atoms in total. The van der Waals surface area contributed by atoms with Gasteiger partial charge in [0.2, 0.25) is 0 Å². The lowest BCUT2D eigenvalue weighted by Crippen LogP contribution is -2.30. The smallest absolute Gasteiger partial charge is 0.265 e. The standard InChI is InChI=1S/C28H28N2O4S.ClH/c1-34-24-23-25(35-26(24)27(32)29-16-18-10-4-2-5-11-18)20-14-8-9-15-21(20)30(28(23)33)17-22(31)19-12-6-3-7-13-19;/h3,6-9,12-15,18H,2,4-5,10-11,16-17H2,1H3,(H,29,32);1H. The van der Waals surface area contributed by atoms with Crippen molar-refractivity contribution < 1.29 is 14.3 Å². The number of aromatic nitrogens is 1. The van der Waals surface area contributed by atoms with Crippen LogP contribution in [0.2, 0.25) is 0 Å². The van der Waals surface area contributed by atoms with Crippen molar-refractivity contribution in [3.63, 3.8) is 0 Å². The molecule has 0 spiro atoms. The van der Waals surface area contributed by atoms with Crippen molar-refractivity contribution in [2.75, 3.05) is 13.7 Å². The molecule has 188 valence electrons. The fraction of sp³-hybridized carbons (Fsp3) is 0.321. The van der Waals surface area contributed by atoms with E-state index in [1.807, 2.05) is 30.3 Å². The van der Waals surface area contributed by atoms with Gasteiger partial charge in [-0.1, -0.05) is 67.8 Å². The molecule has 1 saturated carbocycles. The van der Waals surface area contributed by atoms with Crippen molar-refractivity contribution in [1.82, 2.24) is 9.88 Å². The van der Waals surface area contributed by atoms with Gasteiger partial charge in [-0.2, -0.15) is 0 Å². The number of pyridine rings is 1. The topological polar surface area (TPSA) is 77.4 Å². The second-order valence-corrected chi connectivity index (χ2v) is 10.1. The molecule has 2 heterocycles. The number of nitrogens with one attached hydrogen (secondary N) is 1. The first-order valence-corrected chi connectivity index (χ1v) is 12.9. The van der Waals surface area contributed by atoms with Crippen molar-refractivity contribution >= 4 is 56.4 Å². The Kier molecular flexibility index (Phi) is 8.11. The molecule has 0 unspecified atom stereocenters. The number of hydrogen-bond acceptors (Lipinski definition) is 5. The molecule has 0 saturated heterocycles. The fourth-order valence-electron chi connectivity index (χ4n) is 5.01. The van der Waals surface area contributed by atoms with Crippen LogP contribution in [0.4, 0.5) is 0 Å². The summed E-state index contributed by atoms with van der Waals surface area (Å²) in [5.74, 6) is 0.402. The fourth-order valence-corrected chi connectivity index (χ4v) is 6.23. The van der Waals surface area contributed by atoms with Crippen LogP contribution in [0.1, 0.15) is 52.1 Å². The van der Waals surface area contributed by atoms with Crippen LogP contribution in [-0.2, 0) is 6.54 Å². The van der Waals surface area contributed by atoms with Crippen molar-refractivity contribution in [3.8, 4) is 5.75 Å². The first-order chi connectivity index (χ1) is 17.1. The first-order valence-electron chi connectivity index (χ1n) is 12.1. The maximum absolute atomic E-state index is 13.7. The highest BCUT2D eigenvalue weighted by Crippen LogP contribution is 2.39. The number of methoxy groups -OCH3 is 1. The normalized spacial score (nSPS) is 13.9. The lowest BCUT2D eigenvalue weighted by Gasteiger charge is -2.21. The molecule has 1 aliphatic rings. The molecule has 36 heavy (non-hydrogen) atoms. The Hall–Kier alpha value is -3.16. The van der Waals surface area contributed by atoms with Crippen LogP contribution < -0.4 is 15.6 Å².